The number of nitrogens with one attached hydrogen (secondary N) is 1. The zero-order valence-corrected chi connectivity index (χ0v) is 19.9. The van der Waals surface area contributed by atoms with Crippen molar-refractivity contribution in [3.05, 3.63) is 45.2 Å². The van der Waals surface area contributed by atoms with Gasteiger partial charge in [-0.3, -0.25) is 14.4 Å². The number of halogens is 1. The molecular weight excluding hydrogens is 460 g/mol. The van der Waals surface area contributed by atoms with Gasteiger partial charge in [0.25, 0.3) is 5.91 Å². The summed E-state index contributed by atoms with van der Waals surface area (Å²) in [7, 11) is 0. The van der Waals surface area contributed by atoms with Crippen molar-refractivity contribution in [2.45, 2.75) is 40.2 Å². The van der Waals surface area contributed by atoms with Crippen molar-refractivity contribution in [3.63, 3.8) is 0 Å². The van der Waals surface area contributed by atoms with Crippen LogP contribution in [0.1, 0.15) is 48.7 Å². The number of hydrogen-bond acceptors (Lipinski definition) is 7. The largest absolute Gasteiger partial charge is 0.511 e. The van der Waals surface area contributed by atoms with Gasteiger partial charge in [0, 0.05) is 35.5 Å². The quantitative estimate of drug-likeness (QED) is 0.416. The van der Waals surface area contributed by atoms with E-state index in [0.29, 0.717) is 34.6 Å². The molecular formula is C25H27ClN2O6. The average Bonchev–Trinajstić information content (AvgIpc) is 2.69. The summed E-state index contributed by atoms with van der Waals surface area (Å²) in [6.07, 6.45) is 0.0669. The Kier molecular flexibility index (Phi) is 5.86. The summed E-state index contributed by atoms with van der Waals surface area (Å²) in [4.78, 5) is 37.4. The Bertz CT molecular complexity index is 1290. The normalized spacial score (nSPS) is 20.5. The lowest BCUT2D eigenvalue weighted by Gasteiger charge is -2.35. The van der Waals surface area contributed by atoms with Crippen LogP contribution in [-0.2, 0) is 22.6 Å². The van der Waals surface area contributed by atoms with Gasteiger partial charge in [-0.05, 0) is 35.4 Å². The summed E-state index contributed by atoms with van der Waals surface area (Å²) >= 11 is 6.50. The maximum atomic E-state index is 13.4. The first-order valence-electron chi connectivity index (χ1n) is 11.0. The zero-order valence-electron chi connectivity index (χ0n) is 19.2. The summed E-state index contributed by atoms with van der Waals surface area (Å²) in [5.41, 5.74) is 5.54. The van der Waals surface area contributed by atoms with Gasteiger partial charge in [0.05, 0.1) is 16.9 Å². The van der Waals surface area contributed by atoms with Crippen molar-refractivity contribution in [1.29, 1.82) is 0 Å². The molecule has 0 fully saturated rings. The SMILES string of the molecule is CC(C)(C)CNCc1cc(Cl)c2cc3c(c(O)c2c1O)C(=O)C1C(O)=C(C(N)=O)C(=O)CC1C3. The third-order valence-electron chi connectivity index (χ3n) is 6.46. The second kappa shape index (κ2) is 8.29. The molecule has 0 radical (unpaired) electrons. The average molecular weight is 487 g/mol. The molecule has 0 saturated heterocycles. The highest BCUT2D eigenvalue weighted by Gasteiger charge is 2.47. The predicted octanol–water partition coefficient (Wildman–Crippen LogP) is 3.28. The molecule has 2 unspecified atom stereocenters. The maximum Gasteiger partial charge on any atom is 0.255 e. The Balaban J connectivity index is 1.84. The number of nitrogens with two attached hydrogens (primary N) is 1. The number of aliphatic hydroxyl groups excluding tert-OH is 1. The number of carbonyl (C=O) groups is 3. The number of hydrogen-bond donors (Lipinski definition) is 5. The van der Waals surface area contributed by atoms with Crippen LogP contribution in [0, 0.1) is 17.3 Å². The van der Waals surface area contributed by atoms with E-state index in [1.165, 1.54) is 0 Å². The third kappa shape index (κ3) is 3.91. The Morgan fingerprint density at radius 3 is 2.44 bits per heavy atom. The van der Waals surface area contributed by atoms with E-state index in [-0.39, 0.29) is 35.0 Å². The number of benzene rings is 2. The van der Waals surface area contributed by atoms with Crippen LogP contribution >= 0.6 is 11.6 Å². The summed E-state index contributed by atoms with van der Waals surface area (Å²) in [5, 5.41) is 36.7. The fourth-order valence-corrected chi connectivity index (χ4v) is 5.24. The lowest BCUT2D eigenvalue weighted by Crippen LogP contribution is -2.41. The molecule has 2 aliphatic carbocycles. The number of Topliss-reactive ketones (excluding diaryl/α,β-unsaturated/α-hetero) is 2. The van der Waals surface area contributed by atoms with Crippen LogP contribution in [-0.4, -0.2) is 39.3 Å². The maximum absolute atomic E-state index is 13.4. The van der Waals surface area contributed by atoms with E-state index in [1.54, 1.807) is 12.1 Å². The molecule has 2 atom stereocenters. The molecule has 2 aromatic carbocycles. The van der Waals surface area contributed by atoms with Crippen LogP contribution in [0.5, 0.6) is 11.5 Å². The third-order valence-corrected chi connectivity index (χ3v) is 6.77. The smallest absolute Gasteiger partial charge is 0.255 e. The molecule has 180 valence electrons. The van der Waals surface area contributed by atoms with Gasteiger partial charge in [-0.15, -0.1) is 0 Å². The highest BCUT2D eigenvalue weighted by Crippen LogP contribution is 2.48. The van der Waals surface area contributed by atoms with Crippen LogP contribution in [0.3, 0.4) is 0 Å². The molecule has 0 bridgehead atoms. The molecule has 4 rings (SSSR count). The van der Waals surface area contributed by atoms with E-state index in [0.717, 1.165) is 0 Å². The number of phenolic OH excluding ortho intramolecular Hbond substituents is 2. The molecule has 34 heavy (non-hydrogen) atoms. The van der Waals surface area contributed by atoms with Crippen molar-refractivity contribution in [2.75, 3.05) is 6.54 Å². The highest BCUT2D eigenvalue weighted by atomic mass is 35.5. The van der Waals surface area contributed by atoms with E-state index in [2.05, 4.69) is 26.1 Å². The first kappa shape index (κ1) is 24.0. The second-order valence-corrected chi connectivity index (χ2v) is 10.7. The lowest BCUT2D eigenvalue weighted by atomic mass is 9.67. The number of ketones is 2. The van der Waals surface area contributed by atoms with Gasteiger partial charge < -0.3 is 26.4 Å². The van der Waals surface area contributed by atoms with Crippen LogP contribution in [0.25, 0.3) is 10.8 Å². The number of allylic oxidation sites excluding steroid dienone is 1. The molecule has 0 spiro atoms. The molecule has 0 aromatic heterocycles. The number of fused-ring (bicyclic) bond motifs is 3. The summed E-state index contributed by atoms with van der Waals surface area (Å²) in [6.45, 7) is 7.16. The predicted molar refractivity (Wildman–Crippen MR) is 127 cm³/mol. The van der Waals surface area contributed by atoms with Gasteiger partial charge in [-0.1, -0.05) is 32.4 Å². The van der Waals surface area contributed by atoms with Crippen LogP contribution in [0.15, 0.2) is 23.5 Å². The summed E-state index contributed by atoms with van der Waals surface area (Å²) < 4.78 is 0. The number of amides is 1. The van der Waals surface area contributed by atoms with Gasteiger partial charge in [0.2, 0.25) is 0 Å². The number of aromatic hydroxyl groups is 2. The van der Waals surface area contributed by atoms with E-state index >= 15 is 0 Å². The van der Waals surface area contributed by atoms with Crippen molar-refractivity contribution in [3.8, 4) is 11.5 Å². The molecule has 0 aliphatic heterocycles. The number of primary amides is 1. The molecule has 6 N–H and O–H groups in total. The monoisotopic (exact) mass is 486 g/mol. The number of phenols is 2. The molecule has 1 amide bonds. The topological polar surface area (TPSA) is 150 Å². The number of aliphatic hydroxyl groups is 1. The van der Waals surface area contributed by atoms with Gasteiger partial charge in [-0.2, -0.15) is 0 Å². The minimum atomic E-state index is -1.18. The molecule has 0 saturated carbocycles. The Morgan fingerprint density at radius 1 is 1.15 bits per heavy atom. The lowest BCUT2D eigenvalue weighted by molar-refractivity contribution is -0.122. The Hall–Kier alpha value is -3.10. The van der Waals surface area contributed by atoms with E-state index in [1.807, 2.05) is 0 Å². The fourth-order valence-electron chi connectivity index (χ4n) is 4.96. The molecule has 9 heteroatoms. The van der Waals surface area contributed by atoms with Gasteiger partial charge in [0.1, 0.15) is 22.8 Å². The van der Waals surface area contributed by atoms with E-state index in [9.17, 15) is 29.7 Å². The number of rotatable bonds is 4. The van der Waals surface area contributed by atoms with Crippen LogP contribution in [0.2, 0.25) is 5.02 Å². The molecule has 2 aromatic rings. The standard InChI is InChI=1S/C25H27ClN2O6/c1-25(2,3)9-28-8-12-6-14(26)13-5-10-4-11-7-15(29)19(24(27)34)23(33)17(11)21(31)16(10)22(32)18(13)20(12)30/h5-6,11,17,28,30,32-33H,4,7-9H2,1-3H3,(H2,27,34). The van der Waals surface area contributed by atoms with Crippen molar-refractivity contribution >= 4 is 39.8 Å². The first-order chi connectivity index (χ1) is 15.8. The number of carbonyl (C=O) groups excluding carboxylic acids is 3. The Labute approximate surface area is 201 Å². The van der Waals surface area contributed by atoms with Crippen molar-refractivity contribution < 1.29 is 29.7 Å². The van der Waals surface area contributed by atoms with Crippen molar-refractivity contribution in [2.24, 2.45) is 23.0 Å². The zero-order chi connectivity index (χ0) is 25.1. The summed E-state index contributed by atoms with van der Waals surface area (Å²) in [5.74, 6) is -5.42. The second-order valence-electron chi connectivity index (χ2n) is 10.3. The van der Waals surface area contributed by atoms with Gasteiger partial charge >= 0.3 is 0 Å². The molecule has 0 heterocycles. The Morgan fingerprint density at radius 2 is 1.82 bits per heavy atom. The fraction of sp³-hybridized carbons (Fsp3) is 0.400. The van der Waals surface area contributed by atoms with Gasteiger partial charge in [0.15, 0.2) is 11.6 Å². The summed E-state index contributed by atoms with van der Waals surface area (Å²) in [6, 6.07) is 3.24. The van der Waals surface area contributed by atoms with E-state index in [4.69, 9.17) is 17.3 Å². The van der Waals surface area contributed by atoms with E-state index < -0.39 is 46.4 Å². The first-order valence-corrected chi connectivity index (χ1v) is 11.4. The molecule has 2 aliphatic rings. The molecule has 8 nitrogen and oxygen atoms in total. The minimum Gasteiger partial charge on any atom is -0.511 e. The van der Waals surface area contributed by atoms with Crippen LogP contribution in [0.4, 0.5) is 0 Å². The highest BCUT2D eigenvalue weighted by molar-refractivity contribution is 6.36. The van der Waals surface area contributed by atoms with Crippen LogP contribution < -0.4 is 11.1 Å². The minimum absolute atomic E-state index is 0.0150. The van der Waals surface area contributed by atoms with Crippen molar-refractivity contribution in [1.82, 2.24) is 5.32 Å². The van der Waals surface area contributed by atoms with Gasteiger partial charge in [-0.25, -0.2) is 0 Å².